The molecule has 28 heavy (non-hydrogen) atoms. The second kappa shape index (κ2) is 7.91. The minimum Gasteiger partial charge on any atom is -0.497 e. The summed E-state index contributed by atoms with van der Waals surface area (Å²) in [7, 11) is 1.65. The van der Waals surface area contributed by atoms with Gasteiger partial charge >= 0.3 is 0 Å². The Morgan fingerprint density at radius 3 is 2.86 bits per heavy atom. The lowest BCUT2D eigenvalue weighted by Crippen LogP contribution is -2.34. The van der Waals surface area contributed by atoms with Crippen molar-refractivity contribution in [2.45, 2.75) is 12.5 Å². The minimum atomic E-state index is -0.612. The Balaban J connectivity index is 1.47. The van der Waals surface area contributed by atoms with Crippen molar-refractivity contribution in [3.8, 4) is 5.75 Å². The fourth-order valence-corrected chi connectivity index (χ4v) is 3.25. The SMILES string of the molecule is COc1ccc2[nH]cc(CCNC(=O)[C@H](c3ccccc3)n3cnnn3)c2c1. The Morgan fingerprint density at radius 2 is 2.11 bits per heavy atom. The van der Waals surface area contributed by atoms with Crippen LogP contribution in [0, 0.1) is 0 Å². The lowest BCUT2D eigenvalue weighted by atomic mass is 10.1. The molecule has 0 fully saturated rings. The highest BCUT2D eigenvalue weighted by molar-refractivity contribution is 5.85. The Morgan fingerprint density at radius 1 is 1.25 bits per heavy atom. The topological polar surface area (TPSA) is 97.7 Å². The molecule has 0 saturated carbocycles. The highest BCUT2D eigenvalue weighted by atomic mass is 16.5. The maximum atomic E-state index is 12.9. The van der Waals surface area contributed by atoms with Crippen molar-refractivity contribution in [2.24, 2.45) is 0 Å². The molecule has 0 aliphatic rings. The van der Waals surface area contributed by atoms with E-state index >= 15 is 0 Å². The van der Waals surface area contributed by atoms with Gasteiger partial charge in [0.1, 0.15) is 12.1 Å². The van der Waals surface area contributed by atoms with Gasteiger partial charge in [0.25, 0.3) is 0 Å². The van der Waals surface area contributed by atoms with E-state index < -0.39 is 6.04 Å². The number of nitrogens with zero attached hydrogens (tertiary/aromatic N) is 4. The fourth-order valence-electron chi connectivity index (χ4n) is 3.25. The first kappa shape index (κ1) is 17.7. The van der Waals surface area contributed by atoms with Crippen molar-refractivity contribution in [1.29, 1.82) is 0 Å². The molecule has 2 aromatic heterocycles. The molecule has 0 bridgehead atoms. The average Bonchev–Trinajstić information content (AvgIpc) is 3.39. The van der Waals surface area contributed by atoms with E-state index in [0.29, 0.717) is 13.0 Å². The van der Waals surface area contributed by atoms with Crippen LogP contribution in [0.3, 0.4) is 0 Å². The first-order valence-electron chi connectivity index (χ1n) is 8.95. The number of aromatic nitrogens is 5. The van der Waals surface area contributed by atoms with Crippen molar-refractivity contribution in [1.82, 2.24) is 30.5 Å². The molecule has 0 spiro atoms. The van der Waals surface area contributed by atoms with Crippen LogP contribution in [0.4, 0.5) is 0 Å². The van der Waals surface area contributed by atoms with Crippen LogP contribution in [-0.4, -0.2) is 44.8 Å². The highest BCUT2D eigenvalue weighted by Crippen LogP contribution is 2.24. The summed E-state index contributed by atoms with van der Waals surface area (Å²) >= 11 is 0. The number of methoxy groups -OCH3 is 1. The van der Waals surface area contributed by atoms with Crippen molar-refractivity contribution in [2.75, 3.05) is 13.7 Å². The molecule has 0 aliphatic carbocycles. The third-order valence-electron chi connectivity index (χ3n) is 4.66. The summed E-state index contributed by atoms with van der Waals surface area (Å²) in [5, 5.41) is 15.3. The summed E-state index contributed by atoms with van der Waals surface area (Å²) < 4.78 is 6.77. The molecule has 0 unspecified atom stereocenters. The Hall–Kier alpha value is -3.68. The first-order chi connectivity index (χ1) is 13.8. The van der Waals surface area contributed by atoms with Crippen LogP contribution in [0.2, 0.25) is 0 Å². The monoisotopic (exact) mass is 376 g/mol. The fraction of sp³-hybridized carbons (Fsp3) is 0.200. The zero-order valence-electron chi connectivity index (χ0n) is 15.4. The van der Waals surface area contributed by atoms with Crippen LogP contribution >= 0.6 is 0 Å². The highest BCUT2D eigenvalue weighted by Gasteiger charge is 2.23. The van der Waals surface area contributed by atoms with E-state index in [4.69, 9.17) is 4.74 Å². The third-order valence-corrected chi connectivity index (χ3v) is 4.66. The van der Waals surface area contributed by atoms with Gasteiger partial charge in [0, 0.05) is 23.6 Å². The van der Waals surface area contributed by atoms with E-state index in [1.165, 1.54) is 11.0 Å². The van der Waals surface area contributed by atoms with Gasteiger partial charge in [0.2, 0.25) is 5.91 Å². The summed E-state index contributed by atoms with van der Waals surface area (Å²) in [4.78, 5) is 16.1. The number of rotatable bonds is 7. The van der Waals surface area contributed by atoms with E-state index in [-0.39, 0.29) is 5.91 Å². The van der Waals surface area contributed by atoms with Crippen molar-refractivity contribution >= 4 is 16.8 Å². The van der Waals surface area contributed by atoms with Crippen molar-refractivity contribution in [3.63, 3.8) is 0 Å². The summed E-state index contributed by atoms with van der Waals surface area (Å²) in [5.74, 6) is 0.649. The largest absolute Gasteiger partial charge is 0.497 e. The van der Waals surface area contributed by atoms with E-state index in [1.54, 1.807) is 7.11 Å². The third kappa shape index (κ3) is 3.57. The smallest absolute Gasteiger partial charge is 0.249 e. The first-order valence-corrected chi connectivity index (χ1v) is 8.95. The number of carbonyl (C=O) groups is 1. The second-order valence-electron chi connectivity index (χ2n) is 6.37. The molecule has 2 heterocycles. The molecule has 1 atom stereocenters. The number of fused-ring (bicyclic) bond motifs is 1. The number of amides is 1. The molecule has 0 radical (unpaired) electrons. The number of H-pyrrole nitrogens is 1. The maximum absolute atomic E-state index is 12.9. The van der Waals surface area contributed by atoms with E-state index in [9.17, 15) is 4.79 Å². The van der Waals surface area contributed by atoms with Crippen LogP contribution in [0.25, 0.3) is 10.9 Å². The molecule has 0 saturated heterocycles. The number of ether oxygens (including phenoxy) is 1. The van der Waals surface area contributed by atoms with Crippen LogP contribution in [0.5, 0.6) is 5.75 Å². The lowest BCUT2D eigenvalue weighted by molar-refractivity contribution is -0.123. The molecular formula is C20H20N6O2. The average molecular weight is 376 g/mol. The van der Waals surface area contributed by atoms with Gasteiger partial charge in [-0.1, -0.05) is 30.3 Å². The molecule has 4 aromatic rings. The molecule has 1 amide bonds. The minimum absolute atomic E-state index is 0.157. The second-order valence-corrected chi connectivity index (χ2v) is 6.37. The van der Waals surface area contributed by atoms with E-state index in [2.05, 4.69) is 25.8 Å². The van der Waals surface area contributed by atoms with Gasteiger partial charge < -0.3 is 15.0 Å². The van der Waals surface area contributed by atoms with Crippen LogP contribution in [0.1, 0.15) is 17.2 Å². The molecule has 2 N–H and O–H groups in total. The Kier molecular flexibility index (Phi) is 5.01. The van der Waals surface area contributed by atoms with E-state index in [1.807, 2.05) is 54.7 Å². The molecule has 0 aliphatic heterocycles. The molecule has 8 nitrogen and oxygen atoms in total. The number of tetrazole rings is 1. The predicted molar refractivity (Wildman–Crippen MR) is 104 cm³/mol. The number of aromatic amines is 1. The van der Waals surface area contributed by atoms with Gasteiger partial charge in [-0.15, -0.1) is 5.10 Å². The van der Waals surface area contributed by atoms with Gasteiger partial charge in [-0.3, -0.25) is 4.79 Å². The zero-order chi connectivity index (χ0) is 19.3. The van der Waals surface area contributed by atoms with Crippen LogP contribution in [-0.2, 0) is 11.2 Å². The summed E-state index contributed by atoms with van der Waals surface area (Å²) in [6.07, 6.45) is 4.10. The van der Waals surface area contributed by atoms with Crippen LogP contribution < -0.4 is 10.1 Å². The zero-order valence-corrected chi connectivity index (χ0v) is 15.4. The van der Waals surface area contributed by atoms with Gasteiger partial charge in [-0.05, 0) is 46.2 Å². The van der Waals surface area contributed by atoms with Gasteiger partial charge in [-0.2, -0.15) is 0 Å². The summed E-state index contributed by atoms with van der Waals surface area (Å²) in [6.45, 7) is 0.494. The normalized spacial score (nSPS) is 12.0. The number of nitrogens with one attached hydrogen (secondary N) is 2. The van der Waals surface area contributed by atoms with E-state index in [0.717, 1.165) is 27.8 Å². The summed E-state index contributed by atoms with van der Waals surface area (Å²) in [5.41, 5.74) is 2.98. The number of carbonyl (C=O) groups excluding carboxylic acids is 1. The molecule has 142 valence electrons. The van der Waals surface area contributed by atoms with Gasteiger partial charge in [0.05, 0.1) is 7.11 Å². The van der Waals surface area contributed by atoms with Crippen molar-refractivity contribution in [3.05, 3.63) is 72.2 Å². The molecule has 4 rings (SSSR count). The standard InChI is InChI=1S/C20H20N6O2/c1-28-16-7-8-18-17(11-16)15(12-22-18)9-10-21-20(27)19(26-13-23-24-25-26)14-5-3-2-4-6-14/h2-8,11-13,19,22H,9-10H2,1H3,(H,21,27)/t19-/m0/s1. The number of benzene rings is 2. The van der Waals surface area contributed by atoms with Crippen LogP contribution in [0.15, 0.2) is 61.1 Å². The number of hydrogen-bond acceptors (Lipinski definition) is 5. The molecular weight excluding hydrogens is 356 g/mol. The van der Waals surface area contributed by atoms with Gasteiger partial charge in [-0.25, -0.2) is 4.68 Å². The maximum Gasteiger partial charge on any atom is 0.249 e. The van der Waals surface area contributed by atoms with Crippen molar-refractivity contribution < 1.29 is 9.53 Å². The lowest BCUT2D eigenvalue weighted by Gasteiger charge is -2.16. The molecule has 2 aromatic carbocycles. The predicted octanol–water partition coefficient (Wildman–Crippen LogP) is 2.11. The quantitative estimate of drug-likeness (QED) is 0.515. The Labute approximate surface area is 161 Å². The summed E-state index contributed by atoms with van der Waals surface area (Å²) in [6, 6.07) is 14.7. The number of hydrogen-bond donors (Lipinski definition) is 2. The molecule has 8 heteroatoms. The van der Waals surface area contributed by atoms with Gasteiger partial charge in [0.15, 0.2) is 6.04 Å². The Bertz CT molecular complexity index is 1060.